The maximum Gasteiger partial charge on any atom is 0.410 e. The Morgan fingerprint density at radius 1 is 1.43 bits per heavy atom. The summed E-state index contributed by atoms with van der Waals surface area (Å²) < 4.78 is 18.7. The molecule has 0 bridgehead atoms. The van der Waals surface area contributed by atoms with Crippen LogP contribution in [0.25, 0.3) is 0 Å². The molecule has 1 atom stereocenters. The van der Waals surface area contributed by atoms with Crippen molar-refractivity contribution in [1.82, 2.24) is 10.2 Å². The van der Waals surface area contributed by atoms with Crippen LogP contribution in [-0.2, 0) is 4.74 Å². The van der Waals surface area contributed by atoms with Crippen LogP contribution in [0.2, 0.25) is 0 Å². The zero-order valence-electron chi connectivity index (χ0n) is 14.1. The molecular formula is C17H24FN3O2. The first kappa shape index (κ1) is 17.2. The number of carbonyl (C=O) groups is 1. The molecule has 0 fully saturated rings. The monoisotopic (exact) mass is 321 g/mol. The molecule has 0 aromatic heterocycles. The molecule has 2 rings (SSSR count). The Morgan fingerprint density at radius 3 is 2.83 bits per heavy atom. The van der Waals surface area contributed by atoms with Crippen LogP contribution in [0.3, 0.4) is 0 Å². The SMILES string of the molecule is CC(NC1=NCCN(C(=O)OC(C)(C)C)C1)c1cccc(F)c1. The van der Waals surface area contributed by atoms with Crippen molar-refractivity contribution in [3.63, 3.8) is 0 Å². The Kier molecular flexibility index (Phi) is 5.23. The molecule has 1 N–H and O–H groups in total. The summed E-state index contributed by atoms with van der Waals surface area (Å²) in [5, 5.41) is 3.24. The van der Waals surface area contributed by atoms with Gasteiger partial charge in [-0.2, -0.15) is 0 Å². The Balaban J connectivity index is 1.96. The van der Waals surface area contributed by atoms with Crippen LogP contribution < -0.4 is 5.32 Å². The summed E-state index contributed by atoms with van der Waals surface area (Å²) in [5.74, 6) is 0.441. The number of halogens is 1. The third-order valence-electron chi connectivity index (χ3n) is 3.40. The molecule has 0 saturated heterocycles. The lowest BCUT2D eigenvalue weighted by molar-refractivity contribution is 0.0276. The Hall–Kier alpha value is -2.11. The van der Waals surface area contributed by atoms with E-state index in [1.165, 1.54) is 12.1 Å². The maximum atomic E-state index is 13.3. The van der Waals surface area contributed by atoms with Gasteiger partial charge in [0.2, 0.25) is 0 Å². The number of amidine groups is 1. The first-order valence-corrected chi connectivity index (χ1v) is 7.78. The van der Waals surface area contributed by atoms with Crippen molar-refractivity contribution in [3.05, 3.63) is 35.6 Å². The molecule has 1 amide bonds. The van der Waals surface area contributed by atoms with Crippen molar-refractivity contribution < 1.29 is 13.9 Å². The van der Waals surface area contributed by atoms with E-state index in [-0.39, 0.29) is 18.0 Å². The minimum Gasteiger partial charge on any atom is -0.444 e. The largest absolute Gasteiger partial charge is 0.444 e. The van der Waals surface area contributed by atoms with Gasteiger partial charge in [0.1, 0.15) is 17.3 Å². The van der Waals surface area contributed by atoms with Crippen LogP contribution in [0.4, 0.5) is 9.18 Å². The fourth-order valence-electron chi connectivity index (χ4n) is 2.30. The van der Waals surface area contributed by atoms with Gasteiger partial charge < -0.3 is 10.1 Å². The summed E-state index contributed by atoms with van der Waals surface area (Å²) in [6, 6.07) is 6.35. The lowest BCUT2D eigenvalue weighted by atomic mass is 10.1. The van der Waals surface area contributed by atoms with Crippen LogP contribution >= 0.6 is 0 Å². The van der Waals surface area contributed by atoms with E-state index in [9.17, 15) is 9.18 Å². The number of aliphatic imine (C=N–C) groups is 1. The summed E-state index contributed by atoms with van der Waals surface area (Å²) in [4.78, 5) is 18.2. The fourth-order valence-corrected chi connectivity index (χ4v) is 2.30. The highest BCUT2D eigenvalue weighted by Gasteiger charge is 2.25. The number of ether oxygens (including phenoxy) is 1. The second-order valence-electron chi connectivity index (χ2n) is 6.65. The molecule has 1 aromatic rings. The van der Waals surface area contributed by atoms with Crippen molar-refractivity contribution in [1.29, 1.82) is 0 Å². The summed E-state index contributed by atoms with van der Waals surface area (Å²) in [6.45, 7) is 8.89. The maximum absolute atomic E-state index is 13.3. The topological polar surface area (TPSA) is 53.9 Å². The molecule has 0 aliphatic carbocycles. The summed E-state index contributed by atoms with van der Waals surface area (Å²) in [5.41, 5.74) is 0.316. The number of amides is 1. The highest BCUT2D eigenvalue weighted by Crippen LogP contribution is 2.15. The number of benzene rings is 1. The van der Waals surface area contributed by atoms with Crippen LogP contribution in [0.5, 0.6) is 0 Å². The van der Waals surface area contributed by atoms with Gasteiger partial charge in [0.15, 0.2) is 0 Å². The van der Waals surface area contributed by atoms with Gasteiger partial charge in [0.25, 0.3) is 0 Å². The van der Waals surface area contributed by atoms with E-state index in [0.717, 1.165) is 5.56 Å². The molecule has 5 nitrogen and oxygen atoms in total. The van der Waals surface area contributed by atoms with Gasteiger partial charge >= 0.3 is 6.09 Å². The van der Waals surface area contributed by atoms with Crippen molar-refractivity contribution in [2.75, 3.05) is 19.6 Å². The average Bonchev–Trinajstić information content (AvgIpc) is 2.45. The van der Waals surface area contributed by atoms with Crippen molar-refractivity contribution in [3.8, 4) is 0 Å². The number of rotatable bonds is 2. The molecule has 1 heterocycles. The van der Waals surface area contributed by atoms with Gasteiger partial charge in [-0.05, 0) is 45.4 Å². The molecule has 23 heavy (non-hydrogen) atoms. The zero-order chi connectivity index (χ0) is 17.0. The fraction of sp³-hybridized carbons (Fsp3) is 0.529. The Bertz CT molecular complexity index is 596. The number of carbonyl (C=O) groups excluding carboxylic acids is 1. The summed E-state index contributed by atoms with van der Waals surface area (Å²) in [7, 11) is 0. The molecule has 0 saturated carbocycles. The average molecular weight is 321 g/mol. The van der Waals surface area contributed by atoms with Crippen LogP contribution in [0.1, 0.15) is 39.3 Å². The third kappa shape index (κ3) is 5.23. The van der Waals surface area contributed by atoms with Gasteiger partial charge in [-0.15, -0.1) is 0 Å². The number of nitrogens with one attached hydrogen (secondary N) is 1. The van der Waals surface area contributed by atoms with E-state index < -0.39 is 5.60 Å². The number of hydrogen-bond acceptors (Lipinski definition) is 4. The van der Waals surface area contributed by atoms with E-state index in [2.05, 4.69) is 10.3 Å². The molecule has 1 aliphatic rings. The summed E-state index contributed by atoms with van der Waals surface area (Å²) >= 11 is 0. The van der Waals surface area contributed by atoms with E-state index in [4.69, 9.17) is 4.74 Å². The van der Waals surface area contributed by atoms with Gasteiger partial charge in [-0.3, -0.25) is 9.89 Å². The highest BCUT2D eigenvalue weighted by atomic mass is 19.1. The van der Waals surface area contributed by atoms with Crippen LogP contribution in [-0.4, -0.2) is 42.1 Å². The second kappa shape index (κ2) is 6.98. The standard InChI is InChI=1S/C17H24FN3O2/c1-12(13-6-5-7-14(18)10-13)20-15-11-21(9-8-19-15)16(22)23-17(2,3)4/h5-7,10,12H,8-9,11H2,1-4H3,(H,19,20). The van der Waals surface area contributed by atoms with Gasteiger partial charge in [-0.1, -0.05) is 12.1 Å². The molecule has 1 unspecified atom stereocenters. The molecule has 0 radical (unpaired) electrons. The highest BCUT2D eigenvalue weighted by molar-refractivity contribution is 5.88. The van der Waals surface area contributed by atoms with Crippen molar-refractivity contribution in [2.24, 2.45) is 4.99 Å². The molecule has 126 valence electrons. The lowest BCUT2D eigenvalue weighted by Crippen LogP contribution is -2.47. The predicted molar refractivity (Wildman–Crippen MR) is 88.1 cm³/mol. The Labute approximate surface area is 136 Å². The van der Waals surface area contributed by atoms with Crippen LogP contribution in [0, 0.1) is 5.82 Å². The number of hydrogen-bond donors (Lipinski definition) is 1. The van der Waals surface area contributed by atoms with E-state index in [1.807, 2.05) is 33.8 Å². The van der Waals surface area contributed by atoms with Gasteiger partial charge in [-0.25, -0.2) is 9.18 Å². The lowest BCUT2D eigenvalue weighted by Gasteiger charge is -2.30. The Morgan fingerprint density at radius 2 is 2.17 bits per heavy atom. The van der Waals surface area contributed by atoms with Gasteiger partial charge in [0.05, 0.1) is 13.1 Å². The second-order valence-corrected chi connectivity index (χ2v) is 6.65. The quantitative estimate of drug-likeness (QED) is 0.910. The zero-order valence-corrected chi connectivity index (χ0v) is 14.1. The first-order valence-electron chi connectivity index (χ1n) is 7.78. The molecule has 1 aromatic carbocycles. The minimum absolute atomic E-state index is 0.0944. The normalized spacial score (nSPS) is 16.6. The molecule has 0 spiro atoms. The van der Waals surface area contributed by atoms with E-state index in [0.29, 0.717) is 25.5 Å². The van der Waals surface area contributed by atoms with E-state index >= 15 is 0 Å². The summed E-state index contributed by atoms with van der Waals surface area (Å²) in [6.07, 6.45) is -0.342. The number of nitrogens with zero attached hydrogens (tertiary/aromatic N) is 2. The van der Waals surface area contributed by atoms with Crippen LogP contribution in [0.15, 0.2) is 29.3 Å². The first-order chi connectivity index (χ1) is 10.7. The molecular weight excluding hydrogens is 297 g/mol. The minimum atomic E-state index is -0.520. The van der Waals surface area contributed by atoms with Gasteiger partial charge in [0, 0.05) is 12.6 Å². The molecule has 1 aliphatic heterocycles. The predicted octanol–water partition coefficient (Wildman–Crippen LogP) is 3.13. The third-order valence-corrected chi connectivity index (χ3v) is 3.40. The van der Waals surface area contributed by atoms with Crippen molar-refractivity contribution in [2.45, 2.75) is 39.3 Å². The van der Waals surface area contributed by atoms with Crippen molar-refractivity contribution >= 4 is 11.9 Å². The van der Waals surface area contributed by atoms with E-state index in [1.54, 1.807) is 11.0 Å². The smallest absolute Gasteiger partial charge is 0.410 e. The molecule has 6 heteroatoms.